The third kappa shape index (κ3) is 9.25. The van der Waals surface area contributed by atoms with Crippen LogP contribution >= 0.6 is 0 Å². The normalized spacial score (nSPS) is 14.5. The molecule has 9 N–H and O–H groups in total. The third-order valence-corrected chi connectivity index (χ3v) is 4.72. The summed E-state index contributed by atoms with van der Waals surface area (Å²) in [5, 5.41) is 26.0. The van der Waals surface area contributed by atoms with Crippen LogP contribution in [0.1, 0.15) is 25.8 Å². The molecule has 0 aliphatic rings. The Morgan fingerprint density at radius 1 is 0.909 bits per heavy atom. The van der Waals surface area contributed by atoms with Crippen molar-refractivity contribution >= 4 is 29.6 Å². The number of carbonyl (C=O) groups excluding carboxylic acids is 4. The van der Waals surface area contributed by atoms with Crippen molar-refractivity contribution in [2.45, 2.75) is 50.9 Å². The van der Waals surface area contributed by atoms with Gasteiger partial charge in [-0.3, -0.25) is 19.2 Å². The lowest BCUT2D eigenvalue weighted by Gasteiger charge is -2.26. The predicted molar refractivity (Wildman–Crippen MR) is 117 cm³/mol. The zero-order valence-corrected chi connectivity index (χ0v) is 18.5. The van der Waals surface area contributed by atoms with Crippen molar-refractivity contribution in [1.29, 1.82) is 0 Å². The molecule has 1 aromatic carbocycles. The average Bonchev–Trinajstić information content (AvgIpc) is 2.74. The van der Waals surface area contributed by atoms with Crippen LogP contribution < -0.4 is 27.4 Å². The van der Waals surface area contributed by atoms with Crippen molar-refractivity contribution < 1.29 is 34.2 Å². The molecule has 12 nitrogen and oxygen atoms in total. The second-order valence-corrected chi connectivity index (χ2v) is 7.84. The van der Waals surface area contributed by atoms with Crippen LogP contribution in [0.25, 0.3) is 0 Å². The van der Waals surface area contributed by atoms with Crippen LogP contribution in [0.3, 0.4) is 0 Å². The summed E-state index contributed by atoms with van der Waals surface area (Å²) in [4.78, 5) is 59.9. The second kappa shape index (κ2) is 13.1. The zero-order valence-electron chi connectivity index (χ0n) is 18.5. The summed E-state index contributed by atoms with van der Waals surface area (Å²) in [5.74, 6) is -5.01. The number of carboxylic acids is 1. The van der Waals surface area contributed by atoms with Crippen molar-refractivity contribution in [3.8, 4) is 0 Å². The summed E-state index contributed by atoms with van der Waals surface area (Å²) in [6.07, 6.45) is -0.422. The molecule has 0 bridgehead atoms. The van der Waals surface area contributed by atoms with E-state index in [4.69, 9.17) is 11.5 Å². The van der Waals surface area contributed by atoms with Gasteiger partial charge in [0.2, 0.25) is 23.6 Å². The highest BCUT2D eigenvalue weighted by molar-refractivity contribution is 5.95. The summed E-state index contributed by atoms with van der Waals surface area (Å²) < 4.78 is 0. The van der Waals surface area contributed by atoms with Crippen LogP contribution in [0.5, 0.6) is 0 Å². The number of amides is 4. The van der Waals surface area contributed by atoms with E-state index in [2.05, 4.69) is 16.0 Å². The quantitative estimate of drug-likeness (QED) is 0.167. The Kier molecular flexibility index (Phi) is 11.0. The molecule has 33 heavy (non-hydrogen) atoms. The van der Waals surface area contributed by atoms with E-state index in [1.807, 2.05) is 0 Å². The summed E-state index contributed by atoms with van der Waals surface area (Å²) >= 11 is 0. The highest BCUT2D eigenvalue weighted by atomic mass is 16.4. The molecule has 0 saturated carbocycles. The number of rotatable bonds is 13. The molecule has 12 heteroatoms. The summed E-state index contributed by atoms with van der Waals surface area (Å²) in [7, 11) is 0. The molecule has 0 aromatic heterocycles. The highest BCUT2D eigenvalue weighted by Gasteiger charge is 2.31. The van der Waals surface area contributed by atoms with Crippen molar-refractivity contribution in [3.63, 3.8) is 0 Å². The van der Waals surface area contributed by atoms with Gasteiger partial charge in [-0.2, -0.15) is 0 Å². The number of aliphatic hydroxyl groups excluding tert-OH is 1. The lowest BCUT2D eigenvalue weighted by atomic mass is 10.0. The molecule has 0 aliphatic carbocycles. The Bertz CT molecular complexity index is 847. The number of aliphatic carboxylic acids is 1. The van der Waals surface area contributed by atoms with Gasteiger partial charge in [-0.05, 0) is 11.5 Å². The van der Waals surface area contributed by atoms with Crippen LogP contribution in [-0.4, -0.2) is 70.6 Å². The Labute approximate surface area is 191 Å². The molecule has 1 aromatic rings. The number of primary amides is 1. The summed E-state index contributed by atoms with van der Waals surface area (Å²) in [6.45, 7) is 2.44. The maximum atomic E-state index is 12.7. The molecule has 4 amide bonds. The number of hydrogen-bond acceptors (Lipinski definition) is 7. The monoisotopic (exact) mass is 465 g/mol. The van der Waals surface area contributed by atoms with Crippen molar-refractivity contribution in [2.75, 3.05) is 6.61 Å². The van der Waals surface area contributed by atoms with Crippen LogP contribution in [0.2, 0.25) is 0 Å². The minimum Gasteiger partial charge on any atom is -0.480 e. The highest BCUT2D eigenvalue weighted by Crippen LogP contribution is 2.06. The summed E-state index contributed by atoms with van der Waals surface area (Å²) in [6, 6.07) is 3.45. The first-order valence-electron chi connectivity index (χ1n) is 10.3. The van der Waals surface area contributed by atoms with Gasteiger partial charge >= 0.3 is 5.97 Å². The standard InChI is InChI=1S/C21H31N5O7/c1-11(2)17(26-18(29)13(22)9-16(23)28)20(31)25-15(10-27)19(30)24-14(21(32)33)8-12-6-4-3-5-7-12/h3-7,11,13-15,17,27H,8-10,22H2,1-2H3,(H2,23,28)(H,24,30)(H,25,31)(H,26,29)(H,32,33). The average molecular weight is 466 g/mol. The minimum absolute atomic E-state index is 0.00354. The van der Waals surface area contributed by atoms with Gasteiger partial charge in [0.05, 0.1) is 19.1 Å². The lowest BCUT2D eigenvalue weighted by Crippen LogP contribution is -2.59. The van der Waals surface area contributed by atoms with Gasteiger partial charge in [0, 0.05) is 6.42 Å². The van der Waals surface area contributed by atoms with Crippen LogP contribution in [0.4, 0.5) is 0 Å². The van der Waals surface area contributed by atoms with Gasteiger partial charge in [0.15, 0.2) is 0 Å². The fourth-order valence-corrected chi connectivity index (χ4v) is 2.88. The first-order chi connectivity index (χ1) is 15.5. The number of hydrogen-bond donors (Lipinski definition) is 7. The van der Waals surface area contributed by atoms with Crippen LogP contribution in [0.15, 0.2) is 30.3 Å². The number of nitrogens with one attached hydrogen (secondary N) is 3. The van der Waals surface area contributed by atoms with E-state index < -0.39 is 72.7 Å². The van der Waals surface area contributed by atoms with E-state index in [-0.39, 0.29) is 6.42 Å². The molecule has 0 fully saturated rings. The zero-order chi connectivity index (χ0) is 25.1. The SMILES string of the molecule is CC(C)C(NC(=O)C(N)CC(N)=O)C(=O)NC(CO)C(=O)NC(Cc1ccccc1)C(=O)O. The van der Waals surface area contributed by atoms with E-state index in [0.717, 1.165) is 0 Å². The first kappa shape index (κ1) is 27.5. The molecule has 0 aliphatic heterocycles. The lowest BCUT2D eigenvalue weighted by molar-refractivity contribution is -0.142. The van der Waals surface area contributed by atoms with Crippen molar-refractivity contribution in [3.05, 3.63) is 35.9 Å². The largest absolute Gasteiger partial charge is 0.480 e. The Morgan fingerprint density at radius 2 is 1.48 bits per heavy atom. The van der Waals surface area contributed by atoms with E-state index in [1.54, 1.807) is 44.2 Å². The van der Waals surface area contributed by atoms with Gasteiger partial charge in [-0.25, -0.2) is 4.79 Å². The van der Waals surface area contributed by atoms with Gasteiger partial charge in [0.25, 0.3) is 0 Å². The van der Waals surface area contributed by atoms with E-state index >= 15 is 0 Å². The molecule has 182 valence electrons. The first-order valence-corrected chi connectivity index (χ1v) is 10.3. The molecular formula is C21H31N5O7. The minimum atomic E-state index is -1.47. The molecule has 0 radical (unpaired) electrons. The number of nitrogens with two attached hydrogens (primary N) is 2. The van der Waals surface area contributed by atoms with E-state index in [0.29, 0.717) is 5.56 Å². The number of carbonyl (C=O) groups is 5. The summed E-state index contributed by atoms with van der Waals surface area (Å²) in [5.41, 5.74) is 11.3. The van der Waals surface area contributed by atoms with E-state index in [9.17, 15) is 34.2 Å². The third-order valence-electron chi connectivity index (χ3n) is 4.72. The van der Waals surface area contributed by atoms with Gasteiger partial charge in [-0.1, -0.05) is 44.2 Å². The Hall–Kier alpha value is -3.51. The van der Waals surface area contributed by atoms with Crippen LogP contribution in [0, 0.1) is 5.92 Å². The maximum absolute atomic E-state index is 12.7. The second-order valence-electron chi connectivity index (χ2n) is 7.84. The molecular weight excluding hydrogens is 434 g/mol. The van der Waals surface area contributed by atoms with Gasteiger partial charge < -0.3 is 37.6 Å². The number of carboxylic acid groups (broad SMARTS) is 1. The topological polar surface area (TPSA) is 214 Å². The number of aliphatic hydroxyl groups is 1. The molecule has 1 rings (SSSR count). The Balaban J connectivity index is 2.84. The maximum Gasteiger partial charge on any atom is 0.326 e. The van der Waals surface area contributed by atoms with E-state index in [1.165, 1.54) is 0 Å². The molecule has 0 saturated heterocycles. The smallest absolute Gasteiger partial charge is 0.326 e. The predicted octanol–water partition coefficient (Wildman–Crippen LogP) is -2.38. The Morgan fingerprint density at radius 3 is 1.97 bits per heavy atom. The fourth-order valence-electron chi connectivity index (χ4n) is 2.88. The van der Waals surface area contributed by atoms with Crippen molar-refractivity contribution in [2.24, 2.45) is 17.4 Å². The van der Waals surface area contributed by atoms with Gasteiger partial charge in [0.1, 0.15) is 18.1 Å². The van der Waals surface area contributed by atoms with Crippen molar-refractivity contribution in [1.82, 2.24) is 16.0 Å². The molecule has 0 heterocycles. The fraction of sp³-hybridized carbons (Fsp3) is 0.476. The van der Waals surface area contributed by atoms with Crippen LogP contribution in [-0.2, 0) is 30.4 Å². The molecule has 4 atom stereocenters. The number of benzene rings is 1. The molecule has 4 unspecified atom stereocenters. The molecule has 0 spiro atoms. The van der Waals surface area contributed by atoms with Gasteiger partial charge in [-0.15, -0.1) is 0 Å².